The van der Waals surface area contributed by atoms with Crippen molar-refractivity contribution in [3.05, 3.63) is 102 Å². The number of rotatable bonds is 15. The molecular formula is C43H51Cl2N3O6S. The molecule has 294 valence electrons. The predicted molar refractivity (Wildman–Crippen MR) is 228 cm³/mol. The minimum Gasteiger partial charge on any atom is -0.493 e. The van der Waals surface area contributed by atoms with E-state index < -0.39 is 0 Å². The molecule has 9 nitrogen and oxygen atoms in total. The average Bonchev–Trinajstić information content (AvgIpc) is 3.22. The molecule has 0 amide bonds. The van der Waals surface area contributed by atoms with Crippen LogP contribution in [0.5, 0.6) is 34.5 Å². The topological polar surface area (TPSA) is 74.8 Å². The van der Waals surface area contributed by atoms with Gasteiger partial charge in [-0.15, -0.1) is 36.6 Å². The van der Waals surface area contributed by atoms with E-state index in [0.717, 1.165) is 61.4 Å². The van der Waals surface area contributed by atoms with Crippen molar-refractivity contribution in [2.24, 2.45) is 0 Å². The first kappa shape index (κ1) is 43.3. The van der Waals surface area contributed by atoms with E-state index in [9.17, 15) is 0 Å². The second-order valence-corrected chi connectivity index (χ2v) is 13.8. The minimum absolute atomic E-state index is 0. The van der Waals surface area contributed by atoms with E-state index in [2.05, 4.69) is 76.7 Å². The Morgan fingerprint density at radius 3 is 1.73 bits per heavy atom. The molecule has 2 heterocycles. The van der Waals surface area contributed by atoms with Gasteiger partial charge in [0.25, 0.3) is 0 Å². The Bertz CT molecular complexity index is 1940. The van der Waals surface area contributed by atoms with E-state index in [1.165, 1.54) is 21.7 Å². The molecule has 5 aromatic rings. The molecule has 1 aliphatic rings. The Morgan fingerprint density at radius 2 is 1.20 bits per heavy atom. The Balaban J connectivity index is 0.00000336. The number of aromatic nitrogens is 1. The monoisotopic (exact) mass is 807 g/mol. The van der Waals surface area contributed by atoms with Crippen molar-refractivity contribution in [3.63, 3.8) is 0 Å². The van der Waals surface area contributed by atoms with Gasteiger partial charge < -0.3 is 33.3 Å². The molecule has 1 fully saturated rings. The van der Waals surface area contributed by atoms with Crippen molar-refractivity contribution >= 4 is 42.3 Å². The van der Waals surface area contributed by atoms with Gasteiger partial charge in [-0.3, -0.25) is 9.88 Å². The molecular weight excluding hydrogens is 757 g/mol. The summed E-state index contributed by atoms with van der Waals surface area (Å²) in [6.45, 7) is 3.66. The van der Waals surface area contributed by atoms with Crippen LogP contribution in [0.25, 0.3) is 22.4 Å². The fourth-order valence-electron chi connectivity index (χ4n) is 7.11. The fraction of sp³-hybridized carbons (Fsp3) is 0.326. The zero-order valence-electron chi connectivity index (χ0n) is 32.5. The number of anilines is 1. The Hall–Kier alpha value is -4.48. The molecule has 6 rings (SSSR count). The van der Waals surface area contributed by atoms with Crippen molar-refractivity contribution < 1.29 is 28.4 Å². The number of pyridine rings is 1. The van der Waals surface area contributed by atoms with E-state index >= 15 is 0 Å². The summed E-state index contributed by atoms with van der Waals surface area (Å²) in [4.78, 5) is 11.1. The van der Waals surface area contributed by atoms with E-state index in [-0.39, 0.29) is 24.8 Å². The van der Waals surface area contributed by atoms with Crippen LogP contribution in [0, 0.1) is 0 Å². The molecule has 0 radical (unpaired) electrons. The predicted octanol–water partition coefficient (Wildman–Crippen LogP) is 9.70. The molecule has 0 spiro atoms. The van der Waals surface area contributed by atoms with Crippen molar-refractivity contribution in [1.29, 1.82) is 0 Å². The second kappa shape index (κ2) is 20.4. The van der Waals surface area contributed by atoms with Crippen molar-refractivity contribution in [3.8, 4) is 56.9 Å². The molecule has 1 aliphatic heterocycles. The number of halogens is 2. The maximum atomic E-state index is 5.63. The van der Waals surface area contributed by atoms with Crippen LogP contribution in [0.3, 0.4) is 0 Å². The molecule has 0 bridgehead atoms. The number of thioether (sulfide) groups is 1. The zero-order chi connectivity index (χ0) is 37.3. The van der Waals surface area contributed by atoms with Gasteiger partial charge in [-0.2, -0.15) is 0 Å². The third-order valence-corrected chi connectivity index (χ3v) is 10.6. The highest BCUT2D eigenvalue weighted by molar-refractivity contribution is 7.98. The third kappa shape index (κ3) is 10.0. The fourth-order valence-corrected chi connectivity index (χ4v) is 7.51. The number of hydrogen-bond donors (Lipinski definition) is 0. The Morgan fingerprint density at radius 1 is 0.636 bits per heavy atom. The molecule has 0 saturated carbocycles. The number of likely N-dealkylation sites (tertiary alicyclic amines) is 1. The van der Waals surface area contributed by atoms with Crippen LogP contribution in [0.1, 0.15) is 24.0 Å². The van der Waals surface area contributed by atoms with Gasteiger partial charge in [0, 0.05) is 54.6 Å². The molecule has 0 N–H and O–H groups in total. The van der Waals surface area contributed by atoms with Crippen LogP contribution in [0.15, 0.2) is 96.0 Å². The van der Waals surface area contributed by atoms with Gasteiger partial charge in [-0.05, 0) is 108 Å². The zero-order valence-corrected chi connectivity index (χ0v) is 34.9. The lowest BCUT2D eigenvalue weighted by Gasteiger charge is -2.40. The summed E-state index contributed by atoms with van der Waals surface area (Å²) in [5, 5.41) is 0. The SMILES string of the molecule is COc1cc(-c2cccc(CN3CCC(N(Cc4ccnc(-c5cc(OC)c(OC)c(OC)c5)c4)c4ccc(SC)cc4)CC3)c2)cc(OC)c1OC.Cl.Cl. The number of benzene rings is 4. The first-order valence-electron chi connectivity index (χ1n) is 17.7. The largest absolute Gasteiger partial charge is 0.493 e. The average molecular weight is 809 g/mol. The second-order valence-electron chi connectivity index (χ2n) is 12.9. The first-order chi connectivity index (χ1) is 25.9. The maximum Gasteiger partial charge on any atom is 0.203 e. The molecule has 4 aromatic carbocycles. The lowest BCUT2D eigenvalue weighted by Crippen LogP contribution is -2.44. The molecule has 55 heavy (non-hydrogen) atoms. The Kier molecular flexibility index (Phi) is 16.1. The quantitative estimate of drug-likeness (QED) is 0.0955. The van der Waals surface area contributed by atoms with Gasteiger partial charge in [-0.1, -0.05) is 18.2 Å². The number of ether oxygens (including phenoxy) is 6. The van der Waals surface area contributed by atoms with Crippen LogP contribution in [-0.2, 0) is 13.1 Å². The lowest BCUT2D eigenvalue weighted by molar-refractivity contribution is 0.201. The standard InChI is InChI=1S/C43H49N3O6S.2ClH/c1-47-38-23-32(24-39(48-2)42(38)51-5)31-10-8-9-29(21-31)27-45-19-16-35(17-20-45)46(34-11-13-36(53-7)14-12-34)28-30-15-18-44-37(22-30)33-25-40(49-3)43(52-6)41(26-33)50-4;;/h8-15,18,21-26,35H,16-17,19-20,27-28H2,1-7H3;2*1H. The molecule has 12 heteroatoms. The summed E-state index contributed by atoms with van der Waals surface area (Å²) in [5.41, 5.74) is 7.57. The summed E-state index contributed by atoms with van der Waals surface area (Å²) >= 11 is 1.76. The van der Waals surface area contributed by atoms with E-state index in [1.54, 1.807) is 54.4 Å². The van der Waals surface area contributed by atoms with Gasteiger partial charge in [-0.25, -0.2) is 0 Å². The maximum absolute atomic E-state index is 5.63. The summed E-state index contributed by atoms with van der Waals surface area (Å²) in [7, 11) is 9.79. The third-order valence-electron chi connectivity index (χ3n) is 9.87. The normalized spacial score (nSPS) is 12.9. The van der Waals surface area contributed by atoms with Crippen molar-refractivity contribution in [2.75, 3.05) is 66.9 Å². The van der Waals surface area contributed by atoms with Gasteiger partial charge in [0.1, 0.15) is 0 Å². The van der Waals surface area contributed by atoms with E-state index in [1.807, 2.05) is 30.5 Å². The van der Waals surface area contributed by atoms with Crippen LogP contribution in [0.4, 0.5) is 5.69 Å². The highest BCUT2D eigenvalue weighted by Crippen LogP contribution is 2.42. The van der Waals surface area contributed by atoms with Crippen molar-refractivity contribution in [1.82, 2.24) is 9.88 Å². The molecule has 0 atom stereocenters. The number of nitrogens with zero attached hydrogens (tertiary/aromatic N) is 3. The lowest BCUT2D eigenvalue weighted by atomic mass is 9.99. The van der Waals surface area contributed by atoms with E-state index in [0.29, 0.717) is 40.5 Å². The van der Waals surface area contributed by atoms with Gasteiger partial charge >= 0.3 is 0 Å². The smallest absolute Gasteiger partial charge is 0.203 e. The molecule has 1 saturated heterocycles. The highest BCUT2D eigenvalue weighted by atomic mass is 35.5. The van der Waals surface area contributed by atoms with Crippen LogP contribution in [0.2, 0.25) is 0 Å². The van der Waals surface area contributed by atoms with E-state index in [4.69, 9.17) is 33.4 Å². The minimum atomic E-state index is 0. The van der Waals surface area contributed by atoms with Crippen LogP contribution < -0.4 is 33.3 Å². The molecule has 1 aromatic heterocycles. The van der Waals surface area contributed by atoms with Gasteiger partial charge in [0.15, 0.2) is 23.0 Å². The first-order valence-corrected chi connectivity index (χ1v) is 18.9. The molecule has 0 aliphatic carbocycles. The van der Waals surface area contributed by atoms with Gasteiger partial charge in [0.05, 0.1) is 48.4 Å². The Labute approximate surface area is 342 Å². The van der Waals surface area contributed by atoms with Crippen LogP contribution >= 0.6 is 36.6 Å². The number of hydrogen-bond acceptors (Lipinski definition) is 10. The van der Waals surface area contributed by atoms with Gasteiger partial charge in [0.2, 0.25) is 11.5 Å². The summed E-state index contributed by atoms with van der Waals surface area (Å²) < 4.78 is 33.6. The summed E-state index contributed by atoms with van der Waals surface area (Å²) in [6.07, 6.45) is 6.12. The summed E-state index contributed by atoms with van der Waals surface area (Å²) in [6, 6.07) is 30.2. The number of methoxy groups -OCH3 is 6. The van der Waals surface area contributed by atoms with Crippen molar-refractivity contribution in [2.45, 2.75) is 36.9 Å². The summed E-state index contributed by atoms with van der Waals surface area (Å²) in [5.74, 6) is 3.65. The highest BCUT2D eigenvalue weighted by Gasteiger charge is 2.26. The van der Waals surface area contributed by atoms with Crippen LogP contribution in [-0.4, -0.2) is 77.9 Å². The number of piperidine rings is 1. The molecule has 0 unspecified atom stereocenters.